The summed E-state index contributed by atoms with van der Waals surface area (Å²) in [5.74, 6) is -1.12. The van der Waals surface area contributed by atoms with Gasteiger partial charge in [-0.15, -0.1) is 0 Å². The molecular formula is C14H17ClN2O4. The van der Waals surface area contributed by atoms with Gasteiger partial charge in [0.05, 0.1) is 17.7 Å². The van der Waals surface area contributed by atoms with E-state index in [2.05, 4.69) is 10.6 Å². The van der Waals surface area contributed by atoms with Crippen molar-refractivity contribution in [1.29, 1.82) is 0 Å². The standard InChI is InChI=1S/C14H17ClN2O4/c15-9-5-8(13(19)20)6-10(7-9)16-14(21)17-11-3-1-2-4-12(11)18/h5-7,11-12,18H,1-4H2,(H,19,20)(H2,16,17,21). The highest BCUT2D eigenvalue weighted by atomic mass is 35.5. The number of aromatic carboxylic acids is 1. The lowest BCUT2D eigenvalue weighted by Crippen LogP contribution is -2.46. The lowest BCUT2D eigenvalue weighted by atomic mass is 9.93. The fourth-order valence-electron chi connectivity index (χ4n) is 2.40. The van der Waals surface area contributed by atoms with E-state index in [-0.39, 0.29) is 16.6 Å². The Labute approximate surface area is 127 Å². The lowest BCUT2D eigenvalue weighted by Gasteiger charge is -2.28. The van der Waals surface area contributed by atoms with Gasteiger partial charge in [0, 0.05) is 10.7 Å². The van der Waals surface area contributed by atoms with Crippen molar-refractivity contribution in [1.82, 2.24) is 5.32 Å². The first kappa shape index (κ1) is 15.6. The van der Waals surface area contributed by atoms with Gasteiger partial charge in [0.15, 0.2) is 0 Å². The molecule has 2 rings (SSSR count). The maximum absolute atomic E-state index is 11.9. The molecule has 0 aliphatic heterocycles. The largest absolute Gasteiger partial charge is 0.478 e. The van der Waals surface area contributed by atoms with Crippen LogP contribution in [0.3, 0.4) is 0 Å². The SMILES string of the molecule is O=C(Nc1cc(Cl)cc(C(=O)O)c1)NC1CCCCC1O. The number of halogens is 1. The number of amides is 2. The van der Waals surface area contributed by atoms with E-state index >= 15 is 0 Å². The van der Waals surface area contributed by atoms with Gasteiger partial charge in [-0.1, -0.05) is 24.4 Å². The summed E-state index contributed by atoms with van der Waals surface area (Å²) < 4.78 is 0. The summed E-state index contributed by atoms with van der Waals surface area (Å²) in [4.78, 5) is 22.8. The Morgan fingerprint density at radius 1 is 1.19 bits per heavy atom. The van der Waals surface area contributed by atoms with Crippen LogP contribution in [-0.2, 0) is 0 Å². The Kier molecular flexibility index (Phi) is 5.03. The number of hydrogen-bond acceptors (Lipinski definition) is 3. The number of aliphatic hydroxyl groups excluding tert-OH is 1. The average molecular weight is 313 g/mol. The quantitative estimate of drug-likeness (QED) is 0.689. The lowest BCUT2D eigenvalue weighted by molar-refractivity contribution is 0.0697. The number of benzene rings is 1. The third kappa shape index (κ3) is 4.34. The minimum atomic E-state index is -1.12. The van der Waals surface area contributed by atoms with Gasteiger partial charge in [0.2, 0.25) is 0 Å². The first-order valence-electron chi connectivity index (χ1n) is 6.75. The second-order valence-electron chi connectivity index (χ2n) is 5.09. The fraction of sp³-hybridized carbons (Fsp3) is 0.429. The minimum Gasteiger partial charge on any atom is -0.478 e. The number of carboxylic acid groups (broad SMARTS) is 1. The van der Waals surface area contributed by atoms with Crippen LogP contribution in [0.15, 0.2) is 18.2 Å². The number of aliphatic hydroxyl groups is 1. The Morgan fingerprint density at radius 3 is 2.57 bits per heavy atom. The van der Waals surface area contributed by atoms with E-state index in [1.165, 1.54) is 18.2 Å². The van der Waals surface area contributed by atoms with Crippen molar-refractivity contribution in [2.45, 2.75) is 37.8 Å². The van der Waals surface area contributed by atoms with E-state index in [1.807, 2.05) is 0 Å². The van der Waals surface area contributed by atoms with Crippen molar-refractivity contribution in [3.8, 4) is 0 Å². The average Bonchev–Trinajstić information content (AvgIpc) is 2.40. The van der Waals surface area contributed by atoms with E-state index in [1.54, 1.807) is 0 Å². The van der Waals surface area contributed by atoms with E-state index in [9.17, 15) is 14.7 Å². The molecule has 0 radical (unpaired) electrons. The van der Waals surface area contributed by atoms with E-state index < -0.39 is 18.1 Å². The molecule has 1 aliphatic rings. The molecule has 4 N–H and O–H groups in total. The molecule has 2 atom stereocenters. The summed E-state index contributed by atoms with van der Waals surface area (Å²) in [7, 11) is 0. The van der Waals surface area contributed by atoms with Crippen molar-refractivity contribution in [3.05, 3.63) is 28.8 Å². The van der Waals surface area contributed by atoms with Gasteiger partial charge in [-0.05, 0) is 31.0 Å². The second kappa shape index (κ2) is 6.78. The van der Waals surface area contributed by atoms with Gasteiger partial charge < -0.3 is 20.8 Å². The predicted octanol–water partition coefficient (Wildman–Crippen LogP) is 2.46. The monoisotopic (exact) mass is 312 g/mol. The maximum atomic E-state index is 11.9. The van der Waals surface area contributed by atoms with Gasteiger partial charge in [0.25, 0.3) is 0 Å². The van der Waals surface area contributed by atoms with E-state index in [4.69, 9.17) is 16.7 Å². The number of hydrogen-bond donors (Lipinski definition) is 4. The highest BCUT2D eigenvalue weighted by Crippen LogP contribution is 2.20. The van der Waals surface area contributed by atoms with Crippen LogP contribution < -0.4 is 10.6 Å². The van der Waals surface area contributed by atoms with Gasteiger partial charge >= 0.3 is 12.0 Å². The molecule has 0 saturated heterocycles. The normalized spacial score (nSPS) is 21.6. The third-order valence-corrected chi connectivity index (χ3v) is 3.67. The minimum absolute atomic E-state index is 0.00417. The molecule has 1 fully saturated rings. The van der Waals surface area contributed by atoms with Crippen LogP contribution in [0.5, 0.6) is 0 Å². The Morgan fingerprint density at radius 2 is 1.90 bits per heavy atom. The molecule has 1 aromatic carbocycles. The van der Waals surface area contributed by atoms with Crippen LogP contribution >= 0.6 is 11.6 Å². The summed E-state index contributed by atoms with van der Waals surface area (Å²) in [5.41, 5.74) is 0.290. The second-order valence-corrected chi connectivity index (χ2v) is 5.53. The summed E-state index contributed by atoms with van der Waals surface area (Å²) in [6.07, 6.45) is 2.77. The van der Waals surface area contributed by atoms with Crippen molar-refractivity contribution in [2.24, 2.45) is 0 Å². The maximum Gasteiger partial charge on any atom is 0.335 e. The number of urea groups is 1. The molecule has 2 unspecified atom stereocenters. The number of nitrogens with one attached hydrogen (secondary N) is 2. The van der Waals surface area contributed by atoms with Gasteiger partial charge in [-0.2, -0.15) is 0 Å². The molecule has 0 heterocycles. The molecule has 7 heteroatoms. The molecule has 114 valence electrons. The van der Waals surface area contributed by atoms with E-state index in [0.29, 0.717) is 12.1 Å². The summed E-state index contributed by atoms with van der Waals surface area (Å²) in [6.45, 7) is 0. The zero-order valence-electron chi connectivity index (χ0n) is 11.3. The van der Waals surface area contributed by atoms with Crippen LogP contribution in [0.2, 0.25) is 5.02 Å². The Hall–Kier alpha value is -1.79. The zero-order valence-corrected chi connectivity index (χ0v) is 12.1. The summed E-state index contributed by atoms with van der Waals surface area (Å²) >= 11 is 5.82. The molecule has 21 heavy (non-hydrogen) atoms. The predicted molar refractivity (Wildman–Crippen MR) is 78.8 cm³/mol. The summed E-state index contributed by atoms with van der Waals surface area (Å²) in [6, 6.07) is 3.32. The Bertz CT molecular complexity index is 550. The molecule has 1 aromatic rings. The van der Waals surface area contributed by atoms with Gasteiger partial charge in [0.1, 0.15) is 0 Å². The highest BCUT2D eigenvalue weighted by Gasteiger charge is 2.24. The molecule has 2 amide bonds. The zero-order chi connectivity index (χ0) is 15.4. The molecular weight excluding hydrogens is 296 g/mol. The Balaban J connectivity index is 2.00. The van der Waals surface area contributed by atoms with Crippen LogP contribution in [-0.4, -0.2) is 34.4 Å². The molecule has 0 bridgehead atoms. The molecule has 6 nitrogen and oxygen atoms in total. The van der Waals surface area contributed by atoms with Crippen molar-refractivity contribution >= 4 is 29.3 Å². The molecule has 0 spiro atoms. The summed E-state index contributed by atoms with van der Waals surface area (Å²) in [5, 5.41) is 24.2. The van der Waals surface area contributed by atoms with Crippen LogP contribution in [0, 0.1) is 0 Å². The fourth-order valence-corrected chi connectivity index (χ4v) is 2.64. The first-order chi connectivity index (χ1) is 9.95. The highest BCUT2D eigenvalue weighted by molar-refractivity contribution is 6.31. The van der Waals surface area contributed by atoms with Crippen molar-refractivity contribution in [2.75, 3.05) is 5.32 Å². The topological polar surface area (TPSA) is 98.7 Å². The number of carboxylic acids is 1. The third-order valence-electron chi connectivity index (χ3n) is 3.45. The van der Waals surface area contributed by atoms with Gasteiger partial charge in [-0.3, -0.25) is 0 Å². The smallest absolute Gasteiger partial charge is 0.335 e. The number of rotatable bonds is 3. The molecule has 1 saturated carbocycles. The van der Waals surface area contributed by atoms with E-state index in [0.717, 1.165) is 19.3 Å². The number of anilines is 1. The van der Waals surface area contributed by atoms with Crippen LogP contribution in [0.4, 0.5) is 10.5 Å². The number of carbonyl (C=O) groups is 2. The first-order valence-corrected chi connectivity index (χ1v) is 7.13. The number of carbonyl (C=O) groups excluding carboxylic acids is 1. The van der Waals surface area contributed by atoms with Gasteiger partial charge in [-0.25, -0.2) is 9.59 Å². The van der Waals surface area contributed by atoms with Crippen molar-refractivity contribution in [3.63, 3.8) is 0 Å². The van der Waals surface area contributed by atoms with Crippen molar-refractivity contribution < 1.29 is 19.8 Å². The van der Waals surface area contributed by atoms with Crippen LogP contribution in [0.25, 0.3) is 0 Å². The molecule has 1 aliphatic carbocycles. The van der Waals surface area contributed by atoms with Crippen LogP contribution in [0.1, 0.15) is 36.0 Å². The molecule has 0 aromatic heterocycles.